The van der Waals surface area contributed by atoms with Crippen molar-refractivity contribution >= 4 is 5.91 Å². The number of hydrogen-bond acceptors (Lipinski definition) is 3. The number of carbonyl (C=O) groups excluding carboxylic acids is 1. The summed E-state index contributed by atoms with van der Waals surface area (Å²) in [7, 11) is 0. The average Bonchev–Trinajstić information content (AvgIpc) is 1.90. The molecule has 1 rings (SSSR count). The van der Waals surface area contributed by atoms with Gasteiger partial charge in [-0.2, -0.15) is 0 Å². The van der Waals surface area contributed by atoms with E-state index < -0.39 is 18.4 Å². The van der Waals surface area contributed by atoms with Gasteiger partial charge < -0.3 is 10.5 Å². The van der Waals surface area contributed by atoms with Gasteiger partial charge in [-0.3, -0.25) is 9.53 Å². The van der Waals surface area contributed by atoms with Crippen LogP contribution in [0.2, 0.25) is 0 Å². The Hall–Kier alpha value is -0.820. The van der Waals surface area contributed by atoms with Gasteiger partial charge >= 0.3 is 6.36 Å². The van der Waals surface area contributed by atoms with Crippen molar-refractivity contribution in [2.45, 2.75) is 31.4 Å². The minimum absolute atomic E-state index is 0.146. The van der Waals surface area contributed by atoms with Gasteiger partial charge in [0.2, 0.25) is 5.91 Å². The highest BCUT2D eigenvalue weighted by Crippen LogP contribution is 2.31. The van der Waals surface area contributed by atoms with Gasteiger partial charge in [0, 0.05) is 12.8 Å². The van der Waals surface area contributed by atoms with Crippen LogP contribution >= 0.6 is 0 Å². The first-order valence-electron chi connectivity index (χ1n) is 4.01. The van der Waals surface area contributed by atoms with Gasteiger partial charge in [-0.25, -0.2) is 0 Å². The molecular weight excluding hydrogens is 203 g/mol. The Bertz CT molecular complexity index is 213. The van der Waals surface area contributed by atoms with Crippen LogP contribution in [0.25, 0.3) is 0 Å². The molecule has 1 fully saturated rings. The summed E-state index contributed by atoms with van der Waals surface area (Å²) in [5.74, 6) is -0.634. The van der Waals surface area contributed by atoms with Gasteiger partial charge in [0.25, 0.3) is 0 Å². The molecule has 0 aromatic carbocycles. The molecule has 0 aliphatic heterocycles. The fourth-order valence-electron chi connectivity index (χ4n) is 1.14. The van der Waals surface area contributed by atoms with Crippen molar-refractivity contribution in [3.8, 4) is 0 Å². The van der Waals surface area contributed by atoms with E-state index in [9.17, 15) is 18.0 Å². The highest BCUT2D eigenvalue weighted by molar-refractivity contribution is 5.75. The Balaban J connectivity index is 2.09. The van der Waals surface area contributed by atoms with E-state index in [4.69, 9.17) is 10.5 Å². The molecule has 0 bridgehead atoms. The SMILES string of the molecule is NC(=O)COC1CC(OC(F)(F)F)C1. The van der Waals surface area contributed by atoms with Crippen molar-refractivity contribution in [2.75, 3.05) is 6.61 Å². The minimum Gasteiger partial charge on any atom is -0.368 e. The fourth-order valence-corrected chi connectivity index (χ4v) is 1.14. The second-order valence-electron chi connectivity index (χ2n) is 3.06. The Morgan fingerprint density at radius 1 is 1.36 bits per heavy atom. The maximum Gasteiger partial charge on any atom is 0.522 e. The maximum absolute atomic E-state index is 11.6. The number of nitrogens with two attached hydrogens (primary N) is 1. The van der Waals surface area contributed by atoms with Crippen molar-refractivity contribution in [3.05, 3.63) is 0 Å². The standard InChI is InChI=1S/C7H10F3NO3/c8-7(9,10)14-5-1-4(2-5)13-3-6(11)12/h4-5H,1-3H2,(H2,11,12). The summed E-state index contributed by atoms with van der Waals surface area (Å²) in [5.41, 5.74) is 4.78. The molecule has 1 aliphatic rings. The van der Waals surface area contributed by atoms with Crippen LogP contribution in [0.1, 0.15) is 12.8 Å². The molecule has 1 amide bonds. The van der Waals surface area contributed by atoms with Gasteiger partial charge in [0.05, 0.1) is 12.2 Å². The summed E-state index contributed by atoms with van der Waals surface area (Å²) in [5, 5.41) is 0. The van der Waals surface area contributed by atoms with E-state index in [0.717, 1.165) is 0 Å². The van der Waals surface area contributed by atoms with Crippen molar-refractivity contribution < 1.29 is 27.4 Å². The monoisotopic (exact) mass is 213 g/mol. The minimum atomic E-state index is -4.60. The molecule has 7 heteroatoms. The largest absolute Gasteiger partial charge is 0.522 e. The number of halogens is 3. The zero-order chi connectivity index (χ0) is 10.8. The Morgan fingerprint density at radius 3 is 2.36 bits per heavy atom. The highest BCUT2D eigenvalue weighted by atomic mass is 19.4. The van der Waals surface area contributed by atoms with Crippen LogP contribution in [0.4, 0.5) is 13.2 Å². The molecule has 4 nitrogen and oxygen atoms in total. The first kappa shape index (κ1) is 11.3. The van der Waals surface area contributed by atoms with Crippen LogP contribution in [0.3, 0.4) is 0 Å². The van der Waals surface area contributed by atoms with Crippen molar-refractivity contribution in [3.63, 3.8) is 0 Å². The van der Waals surface area contributed by atoms with Crippen molar-refractivity contribution in [1.29, 1.82) is 0 Å². The summed E-state index contributed by atoms with van der Waals surface area (Å²) >= 11 is 0. The first-order chi connectivity index (χ1) is 6.37. The molecule has 0 aromatic heterocycles. The van der Waals surface area contributed by atoms with Gasteiger partial charge in [0.1, 0.15) is 6.61 Å². The van der Waals surface area contributed by atoms with Crippen LogP contribution in [0, 0.1) is 0 Å². The molecule has 0 radical (unpaired) electrons. The van der Waals surface area contributed by atoms with E-state index in [-0.39, 0.29) is 25.6 Å². The average molecular weight is 213 g/mol. The second-order valence-corrected chi connectivity index (χ2v) is 3.06. The van der Waals surface area contributed by atoms with Gasteiger partial charge in [-0.05, 0) is 0 Å². The van der Waals surface area contributed by atoms with E-state index in [1.165, 1.54) is 0 Å². The number of ether oxygens (including phenoxy) is 2. The van der Waals surface area contributed by atoms with Gasteiger partial charge in [0.15, 0.2) is 0 Å². The molecule has 0 atom stereocenters. The van der Waals surface area contributed by atoms with Gasteiger partial charge in [-0.15, -0.1) is 13.2 Å². The fraction of sp³-hybridized carbons (Fsp3) is 0.857. The molecule has 2 N–H and O–H groups in total. The van der Waals surface area contributed by atoms with E-state index in [1.54, 1.807) is 0 Å². The molecule has 1 saturated carbocycles. The summed E-state index contributed by atoms with van der Waals surface area (Å²) in [6, 6.07) is 0. The van der Waals surface area contributed by atoms with E-state index in [2.05, 4.69) is 4.74 Å². The summed E-state index contributed by atoms with van der Waals surface area (Å²) < 4.78 is 43.5. The third kappa shape index (κ3) is 3.93. The van der Waals surface area contributed by atoms with Crippen LogP contribution in [0.5, 0.6) is 0 Å². The number of hydrogen-bond donors (Lipinski definition) is 1. The Morgan fingerprint density at radius 2 is 1.93 bits per heavy atom. The highest BCUT2D eigenvalue weighted by Gasteiger charge is 2.40. The van der Waals surface area contributed by atoms with E-state index >= 15 is 0 Å². The molecular formula is C7H10F3NO3. The molecule has 0 aromatic rings. The molecule has 14 heavy (non-hydrogen) atoms. The lowest BCUT2D eigenvalue weighted by atomic mass is 9.92. The van der Waals surface area contributed by atoms with E-state index in [1.807, 2.05) is 0 Å². The lowest BCUT2D eigenvalue weighted by Crippen LogP contribution is -2.41. The van der Waals surface area contributed by atoms with Crippen LogP contribution in [-0.4, -0.2) is 31.1 Å². The predicted octanol–water partition coefficient (Wildman–Crippen LogP) is 0.556. The first-order valence-corrected chi connectivity index (χ1v) is 4.01. The number of alkyl halides is 3. The summed E-state index contributed by atoms with van der Waals surface area (Å²) in [6.45, 7) is -0.261. The Labute approximate surface area is 78.1 Å². The lowest BCUT2D eigenvalue weighted by Gasteiger charge is -2.34. The Kier molecular flexibility index (Phi) is 3.33. The molecule has 0 unspecified atom stereocenters. The normalized spacial score (nSPS) is 27.1. The number of amides is 1. The maximum atomic E-state index is 11.6. The molecule has 0 spiro atoms. The number of rotatable bonds is 4. The smallest absolute Gasteiger partial charge is 0.368 e. The predicted molar refractivity (Wildman–Crippen MR) is 39.1 cm³/mol. The zero-order valence-electron chi connectivity index (χ0n) is 7.21. The van der Waals surface area contributed by atoms with Crippen LogP contribution in [0.15, 0.2) is 0 Å². The van der Waals surface area contributed by atoms with Crippen molar-refractivity contribution in [2.24, 2.45) is 5.73 Å². The molecule has 0 heterocycles. The summed E-state index contributed by atoms with van der Waals surface area (Å²) in [4.78, 5) is 10.2. The van der Waals surface area contributed by atoms with E-state index in [0.29, 0.717) is 0 Å². The molecule has 1 aliphatic carbocycles. The quantitative estimate of drug-likeness (QED) is 0.742. The van der Waals surface area contributed by atoms with Crippen LogP contribution < -0.4 is 5.73 Å². The molecule has 82 valence electrons. The molecule has 0 saturated heterocycles. The second kappa shape index (κ2) is 4.14. The third-order valence-electron chi connectivity index (χ3n) is 1.81. The third-order valence-corrected chi connectivity index (χ3v) is 1.81. The number of primary amides is 1. The van der Waals surface area contributed by atoms with Gasteiger partial charge in [-0.1, -0.05) is 0 Å². The summed E-state index contributed by atoms with van der Waals surface area (Å²) in [6.07, 6.45) is -5.51. The van der Waals surface area contributed by atoms with Crippen molar-refractivity contribution in [1.82, 2.24) is 0 Å². The zero-order valence-corrected chi connectivity index (χ0v) is 7.21. The topological polar surface area (TPSA) is 61.6 Å². The lowest BCUT2D eigenvalue weighted by molar-refractivity contribution is -0.357. The number of carbonyl (C=O) groups is 1. The van der Waals surface area contributed by atoms with Crippen LogP contribution in [-0.2, 0) is 14.3 Å².